The van der Waals surface area contributed by atoms with Gasteiger partial charge in [0.05, 0.1) is 6.10 Å². The minimum atomic E-state index is -1.03. The van der Waals surface area contributed by atoms with Crippen molar-refractivity contribution < 1.29 is 19.8 Å². The van der Waals surface area contributed by atoms with Crippen molar-refractivity contribution in [3.05, 3.63) is 0 Å². The molecule has 0 radical (unpaired) electrons. The van der Waals surface area contributed by atoms with Gasteiger partial charge in [-0.05, 0) is 31.8 Å². The summed E-state index contributed by atoms with van der Waals surface area (Å²) in [6.07, 6.45) is 1.40. The summed E-state index contributed by atoms with van der Waals surface area (Å²) in [5.74, 6) is -0.987. The molecule has 3 atom stereocenters. The average molecular weight is 284 g/mol. The highest BCUT2D eigenvalue weighted by Gasteiger charge is 2.46. The molecule has 20 heavy (non-hydrogen) atoms. The Labute approximate surface area is 119 Å². The van der Waals surface area contributed by atoms with Crippen LogP contribution in [-0.2, 0) is 9.59 Å². The van der Waals surface area contributed by atoms with E-state index in [1.54, 1.807) is 0 Å². The SMILES string of the molecule is CC(C)(C(=O)N1C[C@H](O)C[C@@H]1C(=O)O)C1CCCNC1. The molecule has 2 aliphatic heterocycles. The molecule has 0 aliphatic carbocycles. The van der Waals surface area contributed by atoms with Gasteiger partial charge < -0.3 is 20.4 Å². The normalized spacial score (nSPS) is 31.4. The number of rotatable bonds is 3. The molecular formula is C14H24N2O4. The Kier molecular flexibility index (Phi) is 4.34. The van der Waals surface area contributed by atoms with Crippen LogP contribution in [0.3, 0.4) is 0 Å². The van der Waals surface area contributed by atoms with Crippen molar-refractivity contribution in [1.82, 2.24) is 10.2 Å². The lowest BCUT2D eigenvalue weighted by atomic mass is 9.74. The summed E-state index contributed by atoms with van der Waals surface area (Å²) < 4.78 is 0. The third-order valence-electron chi connectivity index (χ3n) is 4.69. The van der Waals surface area contributed by atoms with Crippen LogP contribution in [0, 0.1) is 11.3 Å². The second kappa shape index (κ2) is 5.69. The van der Waals surface area contributed by atoms with Crippen LogP contribution in [0.25, 0.3) is 0 Å². The molecule has 6 heteroatoms. The minimum absolute atomic E-state index is 0.124. The molecule has 1 amide bonds. The Balaban J connectivity index is 2.14. The molecule has 1 unspecified atom stereocenters. The van der Waals surface area contributed by atoms with Gasteiger partial charge in [-0.3, -0.25) is 4.79 Å². The smallest absolute Gasteiger partial charge is 0.326 e. The number of carbonyl (C=O) groups excluding carboxylic acids is 1. The molecule has 2 aliphatic rings. The minimum Gasteiger partial charge on any atom is -0.480 e. The highest BCUT2D eigenvalue weighted by molar-refractivity contribution is 5.88. The predicted octanol–water partition coefficient (Wildman–Crippen LogP) is 0.0586. The lowest BCUT2D eigenvalue weighted by molar-refractivity contribution is -0.154. The molecule has 6 nitrogen and oxygen atoms in total. The van der Waals surface area contributed by atoms with E-state index in [0.717, 1.165) is 25.9 Å². The molecule has 0 saturated carbocycles. The average Bonchev–Trinajstić information content (AvgIpc) is 2.81. The summed E-state index contributed by atoms with van der Waals surface area (Å²) in [6.45, 7) is 5.65. The maximum absolute atomic E-state index is 12.8. The van der Waals surface area contributed by atoms with Crippen molar-refractivity contribution in [3.63, 3.8) is 0 Å². The molecule has 2 heterocycles. The molecule has 3 N–H and O–H groups in total. The highest BCUT2D eigenvalue weighted by Crippen LogP contribution is 2.35. The fourth-order valence-corrected chi connectivity index (χ4v) is 3.28. The van der Waals surface area contributed by atoms with Gasteiger partial charge >= 0.3 is 5.97 Å². The molecule has 0 aromatic heterocycles. The number of nitrogens with zero attached hydrogens (tertiary/aromatic N) is 1. The monoisotopic (exact) mass is 284 g/mol. The van der Waals surface area contributed by atoms with E-state index >= 15 is 0 Å². The Bertz CT molecular complexity index is 391. The van der Waals surface area contributed by atoms with Crippen molar-refractivity contribution in [1.29, 1.82) is 0 Å². The first-order chi connectivity index (χ1) is 9.34. The van der Waals surface area contributed by atoms with E-state index in [0.29, 0.717) is 0 Å². The Morgan fingerprint density at radius 2 is 2.05 bits per heavy atom. The zero-order chi connectivity index (χ0) is 14.9. The molecule has 2 saturated heterocycles. The van der Waals surface area contributed by atoms with Gasteiger partial charge in [0.1, 0.15) is 6.04 Å². The molecule has 0 bridgehead atoms. The lowest BCUT2D eigenvalue weighted by Crippen LogP contribution is -2.51. The number of hydrogen-bond acceptors (Lipinski definition) is 4. The van der Waals surface area contributed by atoms with Gasteiger partial charge in [0.15, 0.2) is 0 Å². The van der Waals surface area contributed by atoms with Crippen molar-refractivity contribution >= 4 is 11.9 Å². The van der Waals surface area contributed by atoms with E-state index in [9.17, 15) is 19.8 Å². The Hall–Kier alpha value is -1.14. The van der Waals surface area contributed by atoms with E-state index in [1.807, 2.05) is 13.8 Å². The predicted molar refractivity (Wildman–Crippen MR) is 73.1 cm³/mol. The summed E-state index contributed by atoms with van der Waals surface area (Å²) in [6, 6.07) is -0.895. The van der Waals surface area contributed by atoms with Gasteiger partial charge in [-0.2, -0.15) is 0 Å². The van der Waals surface area contributed by atoms with Crippen LogP contribution in [0.4, 0.5) is 0 Å². The Morgan fingerprint density at radius 1 is 1.35 bits per heavy atom. The number of hydrogen-bond donors (Lipinski definition) is 3. The number of carboxylic acid groups (broad SMARTS) is 1. The van der Waals surface area contributed by atoms with Gasteiger partial charge in [-0.15, -0.1) is 0 Å². The number of carbonyl (C=O) groups is 2. The summed E-state index contributed by atoms with van der Waals surface area (Å²) >= 11 is 0. The molecule has 0 spiro atoms. The summed E-state index contributed by atoms with van der Waals surface area (Å²) in [4.78, 5) is 25.3. The molecule has 0 aromatic carbocycles. The molecule has 0 aromatic rings. The second-order valence-electron chi connectivity index (χ2n) is 6.47. The number of piperidine rings is 1. The van der Waals surface area contributed by atoms with Gasteiger partial charge in [-0.1, -0.05) is 13.8 Å². The maximum atomic E-state index is 12.8. The first kappa shape index (κ1) is 15.3. The second-order valence-corrected chi connectivity index (χ2v) is 6.47. The fourth-order valence-electron chi connectivity index (χ4n) is 3.28. The first-order valence-electron chi connectivity index (χ1n) is 7.26. The number of amides is 1. The molecular weight excluding hydrogens is 260 g/mol. The number of likely N-dealkylation sites (tertiary alicyclic amines) is 1. The van der Waals surface area contributed by atoms with E-state index in [-0.39, 0.29) is 24.8 Å². The van der Waals surface area contributed by atoms with Crippen molar-refractivity contribution in [2.24, 2.45) is 11.3 Å². The van der Waals surface area contributed by atoms with Crippen LogP contribution in [0.2, 0.25) is 0 Å². The summed E-state index contributed by atoms with van der Waals surface area (Å²) in [7, 11) is 0. The largest absolute Gasteiger partial charge is 0.480 e. The van der Waals surface area contributed by atoms with Crippen LogP contribution in [0.5, 0.6) is 0 Å². The Morgan fingerprint density at radius 3 is 2.60 bits per heavy atom. The van der Waals surface area contributed by atoms with Crippen LogP contribution >= 0.6 is 0 Å². The van der Waals surface area contributed by atoms with E-state index in [4.69, 9.17) is 0 Å². The lowest BCUT2D eigenvalue weighted by Gasteiger charge is -2.39. The molecule has 114 valence electrons. The first-order valence-corrected chi connectivity index (χ1v) is 7.26. The van der Waals surface area contributed by atoms with Gasteiger partial charge in [0.2, 0.25) is 5.91 Å². The molecule has 2 fully saturated rings. The summed E-state index contributed by atoms with van der Waals surface area (Å²) in [5.41, 5.74) is -0.606. The summed E-state index contributed by atoms with van der Waals surface area (Å²) in [5, 5.41) is 22.2. The third kappa shape index (κ3) is 2.81. The van der Waals surface area contributed by atoms with Crippen LogP contribution in [0.15, 0.2) is 0 Å². The van der Waals surface area contributed by atoms with Gasteiger partial charge in [0.25, 0.3) is 0 Å². The van der Waals surface area contributed by atoms with Gasteiger partial charge in [-0.25, -0.2) is 4.79 Å². The van der Waals surface area contributed by atoms with Gasteiger partial charge in [0, 0.05) is 18.4 Å². The highest BCUT2D eigenvalue weighted by atomic mass is 16.4. The number of β-amino-alcohol motifs (C(OH)–C–C–N with tert-alkyl or cyclic N) is 1. The number of carboxylic acids is 1. The van der Waals surface area contributed by atoms with Crippen LogP contribution in [-0.4, -0.2) is 58.8 Å². The van der Waals surface area contributed by atoms with Crippen LogP contribution in [0.1, 0.15) is 33.1 Å². The number of aliphatic hydroxyl groups is 1. The van der Waals surface area contributed by atoms with Crippen molar-refractivity contribution in [3.8, 4) is 0 Å². The zero-order valence-electron chi connectivity index (χ0n) is 12.1. The standard InChI is InChI=1S/C14H24N2O4/c1-14(2,9-4-3-5-15-7-9)13(20)16-8-10(17)6-11(16)12(18)19/h9-11,15,17H,3-8H2,1-2H3,(H,18,19)/t9?,10-,11-/m1/s1. The fraction of sp³-hybridized carbons (Fsp3) is 0.857. The van der Waals surface area contributed by atoms with Crippen molar-refractivity contribution in [2.75, 3.05) is 19.6 Å². The zero-order valence-corrected chi connectivity index (χ0v) is 12.1. The van der Waals surface area contributed by atoms with E-state index in [2.05, 4.69) is 5.32 Å². The number of aliphatic hydroxyl groups excluding tert-OH is 1. The molecule has 2 rings (SSSR count). The van der Waals surface area contributed by atoms with Crippen LogP contribution < -0.4 is 5.32 Å². The van der Waals surface area contributed by atoms with Crippen molar-refractivity contribution in [2.45, 2.75) is 45.3 Å². The number of nitrogens with one attached hydrogen (secondary N) is 1. The maximum Gasteiger partial charge on any atom is 0.326 e. The van der Waals surface area contributed by atoms with E-state index < -0.39 is 23.5 Å². The number of aliphatic carboxylic acids is 1. The quantitative estimate of drug-likeness (QED) is 0.682. The van der Waals surface area contributed by atoms with E-state index in [1.165, 1.54) is 4.90 Å². The third-order valence-corrected chi connectivity index (χ3v) is 4.69. The topological polar surface area (TPSA) is 89.9 Å².